The number of nitrogen functional groups attached to an aromatic ring is 1. The Morgan fingerprint density at radius 1 is 1.17 bits per heavy atom. The van der Waals surface area contributed by atoms with Gasteiger partial charge in [-0.2, -0.15) is 13.2 Å². The quantitative estimate of drug-likeness (QED) is 0.684. The summed E-state index contributed by atoms with van der Waals surface area (Å²) in [6.07, 6.45) is 1.60. The van der Waals surface area contributed by atoms with Crippen molar-refractivity contribution in [2.75, 3.05) is 12.8 Å². The number of fused-ring (bicyclic) bond motifs is 1. The van der Waals surface area contributed by atoms with Gasteiger partial charge in [-0.3, -0.25) is 0 Å². The summed E-state index contributed by atoms with van der Waals surface area (Å²) >= 11 is 0. The number of nitrogens with two attached hydrogens (primary N) is 1. The van der Waals surface area contributed by atoms with Crippen LogP contribution in [0.1, 0.15) is 37.3 Å². The van der Waals surface area contributed by atoms with Crippen molar-refractivity contribution in [3.05, 3.63) is 30.2 Å². The maximum Gasteiger partial charge on any atom is 0.416 e. The molecule has 1 fully saturated rings. The van der Waals surface area contributed by atoms with Crippen LogP contribution in [0.5, 0.6) is 11.8 Å². The maximum atomic E-state index is 13.0. The van der Waals surface area contributed by atoms with Crippen molar-refractivity contribution in [3.8, 4) is 11.8 Å². The molecule has 0 amide bonds. The van der Waals surface area contributed by atoms with Crippen molar-refractivity contribution in [2.24, 2.45) is 0 Å². The summed E-state index contributed by atoms with van der Waals surface area (Å²) in [4.78, 5) is 12.1. The molecule has 1 aliphatic carbocycles. The molecule has 0 bridgehead atoms. The molecule has 1 aliphatic rings. The highest BCUT2D eigenvalue weighted by Gasteiger charge is 2.31. The number of anilines is 1. The summed E-state index contributed by atoms with van der Waals surface area (Å²) in [5, 5.41) is 8.12. The summed E-state index contributed by atoms with van der Waals surface area (Å²) in [6.45, 7) is 0. The third kappa shape index (κ3) is 3.82. The third-order valence-corrected chi connectivity index (χ3v) is 5.20. The van der Waals surface area contributed by atoms with Crippen LogP contribution in [0.3, 0.4) is 0 Å². The standard InChI is InChI=1S/C18H20F3N7O/c1-23-11-2-4-12(5-3-11)28-16-14(15(22)25-9-26-16)17(27-28)29-13-8-10(6-7-24-13)18(19,20)21/h6-9,11-12,23H,2-5H2,1H3,(H2,22,25,26)/t11-,12-. The number of alkyl halides is 3. The second kappa shape index (κ2) is 7.47. The maximum absolute atomic E-state index is 13.0. The molecule has 0 aromatic carbocycles. The molecular weight excluding hydrogens is 387 g/mol. The van der Waals surface area contributed by atoms with E-state index in [-0.39, 0.29) is 23.6 Å². The summed E-state index contributed by atoms with van der Waals surface area (Å²) in [5.41, 5.74) is 5.63. The Hall–Kier alpha value is -2.95. The molecule has 3 heterocycles. The number of pyridine rings is 1. The van der Waals surface area contributed by atoms with Crippen LogP contribution in [0, 0.1) is 0 Å². The van der Waals surface area contributed by atoms with E-state index >= 15 is 0 Å². The molecule has 3 aromatic heterocycles. The zero-order chi connectivity index (χ0) is 20.6. The van der Waals surface area contributed by atoms with Crippen molar-refractivity contribution in [1.82, 2.24) is 30.0 Å². The van der Waals surface area contributed by atoms with Gasteiger partial charge in [0.05, 0.1) is 11.6 Å². The van der Waals surface area contributed by atoms with E-state index in [1.165, 1.54) is 6.33 Å². The number of nitrogens with one attached hydrogen (secondary N) is 1. The normalized spacial score (nSPS) is 20.1. The molecule has 8 nitrogen and oxygen atoms in total. The summed E-state index contributed by atoms with van der Waals surface area (Å²) in [7, 11) is 1.94. The molecule has 0 aliphatic heterocycles. The van der Waals surface area contributed by atoms with Crippen molar-refractivity contribution < 1.29 is 17.9 Å². The number of rotatable bonds is 4. The van der Waals surface area contributed by atoms with Gasteiger partial charge in [-0.05, 0) is 38.8 Å². The molecule has 3 aromatic rings. The molecular formula is C18H20F3N7O. The van der Waals surface area contributed by atoms with Crippen molar-refractivity contribution in [1.29, 1.82) is 0 Å². The Bertz CT molecular complexity index is 1010. The predicted octanol–water partition coefficient (Wildman–Crippen LogP) is 3.32. The largest absolute Gasteiger partial charge is 0.418 e. The summed E-state index contributed by atoms with van der Waals surface area (Å²) in [6, 6.07) is 2.24. The minimum absolute atomic E-state index is 0.0423. The van der Waals surface area contributed by atoms with E-state index in [4.69, 9.17) is 10.5 Å². The Morgan fingerprint density at radius 3 is 2.62 bits per heavy atom. The second-order valence-electron chi connectivity index (χ2n) is 6.98. The number of hydrogen-bond donors (Lipinski definition) is 2. The van der Waals surface area contributed by atoms with E-state index in [0.29, 0.717) is 17.1 Å². The predicted molar refractivity (Wildman–Crippen MR) is 99.4 cm³/mol. The molecule has 1 saturated carbocycles. The Balaban J connectivity index is 1.70. The van der Waals surface area contributed by atoms with Gasteiger partial charge in [-0.15, -0.1) is 5.10 Å². The van der Waals surface area contributed by atoms with Gasteiger partial charge in [0.1, 0.15) is 17.5 Å². The lowest BCUT2D eigenvalue weighted by atomic mass is 9.91. The monoisotopic (exact) mass is 407 g/mol. The molecule has 0 unspecified atom stereocenters. The highest BCUT2D eigenvalue weighted by molar-refractivity contribution is 5.90. The number of halogens is 3. The zero-order valence-corrected chi connectivity index (χ0v) is 15.6. The summed E-state index contributed by atoms with van der Waals surface area (Å²) in [5.74, 6) is -0.0404. The molecule has 0 radical (unpaired) electrons. The Labute approximate surface area is 164 Å². The highest BCUT2D eigenvalue weighted by Crippen LogP contribution is 2.37. The van der Waals surface area contributed by atoms with Gasteiger partial charge < -0.3 is 15.8 Å². The summed E-state index contributed by atoms with van der Waals surface area (Å²) < 4.78 is 46.3. The first-order valence-electron chi connectivity index (χ1n) is 9.24. The number of nitrogens with zero attached hydrogens (tertiary/aromatic N) is 5. The van der Waals surface area contributed by atoms with E-state index in [9.17, 15) is 13.2 Å². The number of ether oxygens (including phenoxy) is 1. The van der Waals surface area contributed by atoms with Crippen LogP contribution < -0.4 is 15.8 Å². The minimum atomic E-state index is -4.50. The van der Waals surface area contributed by atoms with Gasteiger partial charge in [0.25, 0.3) is 5.88 Å². The topological polar surface area (TPSA) is 104 Å². The van der Waals surface area contributed by atoms with Crippen molar-refractivity contribution in [3.63, 3.8) is 0 Å². The first-order chi connectivity index (χ1) is 13.9. The minimum Gasteiger partial charge on any atom is -0.418 e. The van der Waals surface area contributed by atoms with Crippen LogP contribution >= 0.6 is 0 Å². The van der Waals surface area contributed by atoms with Crippen LogP contribution in [-0.2, 0) is 6.18 Å². The third-order valence-electron chi connectivity index (χ3n) is 5.20. The molecule has 0 saturated heterocycles. The molecule has 0 spiro atoms. The molecule has 3 N–H and O–H groups in total. The van der Waals surface area contributed by atoms with Crippen LogP contribution in [0.2, 0.25) is 0 Å². The molecule has 4 rings (SSSR count). The fourth-order valence-corrected chi connectivity index (χ4v) is 3.64. The zero-order valence-electron chi connectivity index (χ0n) is 15.6. The van der Waals surface area contributed by atoms with Gasteiger partial charge in [0.15, 0.2) is 5.65 Å². The van der Waals surface area contributed by atoms with Crippen molar-refractivity contribution >= 4 is 16.9 Å². The molecule has 154 valence electrons. The average molecular weight is 407 g/mol. The first kappa shape index (κ1) is 19.4. The number of hydrogen-bond acceptors (Lipinski definition) is 7. The van der Waals surface area contributed by atoms with Gasteiger partial charge in [0.2, 0.25) is 5.88 Å². The lowest BCUT2D eigenvalue weighted by Gasteiger charge is -2.28. The highest BCUT2D eigenvalue weighted by atomic mass is 19.4. The van der Waals surface area contributed by atoms with E-state index in [0.717, 1.165) is 44.0 Å². The van der Waals surface area contributed by atoms with E-state index in [2.05, 4.69) is 25.4 Å². The van der Waals surface area contributed by atoms with Gasteiger partial charge in [0, 0.05) is 18.3 Å². The Morgan fingerprint density at radius 2 is 1.93 bits per heavy atom. The Kier molecular flexibility index (Phi) is 4.99. The smallest absolute Gasteiger partial charge is 0.416 e. The molecule has 11 heteroatoms. The van der Waals surface area contributed by atoms with Gasteiger partial charge in [-0.1, -0.05) is 0 Å². The van der Waals surface area contributed by atoms with Crippen LogP contribution in [0.25, 0.3) is 11.0 Å². The molecule has 29 heavy (non-hydrogen) atoms. The van der Waals surface area contributed by atoms with Crippen LogP contribution in [-0.4, -0.2) is 37.8 Å². The lowest BCUT2D eigenvalue weighted by Crippen LogP contribution is -2.31. The van der Waals surface area contributed by atoms with E-state index in [1.54, 1.807) is 4.68 Å². The SMILES string of the molecule is CN[C@H]1CC[C@H](n2nc(Oc3cc(C(F)(F)F)ccn3)c3c(N)ncnc32)CC1. The average Bonchev–Trinajstić information content (AvgIpc) is 3.07. The van der Waals surface area contributed by atoms with E-state index in [1.807, 2.05) is 7.05 Å². The van der Waals surface area contributed by atoms with Gasteiger partial charge in [-0.25, -0.2) is 19.6 Å². The second-order valence-corrected chi connectivity index (χ2v) is 6.98. The van der Waals surface area contributed by atoms with Crippen LogP contribution in [0.4, 0.5) is 19.0 Å². The van der Waals surface area contributed by atoms with Crippen LogP contribution in [0.15, 0.2) is 24.7 Å². The first-order valence-corrected chi connectivity index (χ1v) is 9.24. The van der Waals surface area contributed by atoms with Gasteiger partial charge >= 0.3 is 6.18 Å². The molecule has 0 atom stereocenters. The lowest BCUT2D eigenvalue weighted by molar-refractivity contribution is -0.137. The number of aromatic nitrogens is 5. The van der Waals surface area contributed by atoms with Crippen molar-refractivity contribution in [2.45, 2.75) is 43.9 Å². The van der Waals surface area contributed by atoms with E-state index < -0.39 is 11.7 Å². The fourth-order valence-electron chi connectivity index (χ4n) is 3.64. The fraction of sp³-hybridized carbons (Fsp3) is 0.444.